The van der Waals surface area contributed by atoms with Crippen molar-refractivity contribution in [2.24, 2.45) is 0 Å². The molecule has 238 valence electrons. The van der Waals surface area contributed by atoms with Gasteiger partial charge in [-0.2, -0.15) is 0 Å². The minimum Gasteiger partial charge on any atom is -0.493 e. The van der Waals surface area contributed by atoms with E-state index in [0.29, 0.717) is 30.9 Å². The first-order valence-corrected chi connectivity index (χ1v) is 14.3. The quantitative estimate of drug-likeness (QED) is 0.242. The zero-order chi connectivity index (χ0) is 32.1. The van der Waals surface area contributed by atoms with E-state index in [0.717, 1.165) is 18.1 Å². The number of likely N-dealkylation sites (tertiary alicyclic amines) is 1. The number of carboxylic acid groups (broad SMARTS) is 1. The van der Waals surface area contributed by atoms with Crippen molar-refractivity contribution < 1.29 is 57.9 Å². The number of carboxylic acids is 1. The Morgan fingerprint density at radius 1 is 1.18 bits per heavy atom. The predicted octanol–water partition coefficient (Wildman–Crippen LogP) is 0.359. The van der Waals surface area contributed by atoms with Crippen LogP contribution in [0.25, 0.3) is 0 Å². The summed E-state index contributed by atoms with van der Waals surface area (Å²) in [7, 11) is 3.50. The molecule has 14 nitrogen and oxygen atoms in total. The van der Waals surface area contributed by atoms with E-state index in [-0.39, 0.29) is 18.2 Å². The standard InChI is InChI=1S/C30H36N2O12/c1-14(27(36)37)31-26(35)15(2)41-28(38)20(42-16(3)33)13-22(34)43-19-8-9-30(39)21-12-17-6-7-18(40-5)24-23(17)29(30,25(19)44-24)10-11-32(21)4/h6-8,14-15,20-21,25,39H,9-13H2,1-5H3,(H,31,35)(H,36,37)/t14-,15-,20-,21+,25-,29-,30+/m0/s1. The molecule has 44 heavy (non-hydrogen) atoms. The fourth-order valence-electron chi connectivity index (χ4n) is 6.98. The van der Waals surface area contributed by atoms with Gasteiger partial charge in [-0.1, -0.05) is 6.07 Å². The maximum Gasteiger partial charge on any atom is 0.348 e. The second kappa shape index (κ2) is 11.4. The van der Waals surface area contributed by atoms with Crippen molar-refractivity contribution >= 4 is 29.8 Å². The van der Waals surface area contributed by atoms with E-state index in [9.17, 15) is 29.1 Å². The molecule has 1 aromatic rings. The summed E-state index contributed by atoms with van der Waals surface area (Å²) < 4.78 is 27.9. The SMILES string of the molecule is COc1ccc2c3c1O[C@H]1C(OC(=O)C[C@H](OC(C)=O)C(=O)O[C@@H](C)C(=O)N[C@@H](C)C(=O)O)=CC[C@@]4(O)[C@@H](C2)N(C)CC[C@]314. The Kier molecular flexibility index (Phi) is 8.10. The van der Waals surface area contributed by atoms with Crippen molar-refractivity contribution in [3.63, 3.8) is 0 Å². The molecule has 1 saturated heterocycles. The summed E-state index contributed by atoms with van der Waals surface area (Å²) in [6, 6.07) is 2.34. The van der Waals surface area contributed by atoms with Gasteiger partial charge in [0.1, 0.15) is 11.8 Å². The van der Waals surface area contributed by atoms with E-state index in [1.807, 2.05) is 19.2 Å². The number of hydrogen-bond acceptors (Lipinski definition) is 12. The Hall–Kier alpha value is -4.17. The van der Waals surface area contributed by atoms with E-state index >= 15 is 0 Å². The first-order chi connectivity index (χ1) is 20.7. The van der Waals surface area contributed by atoms with Crippen molar-refractivity contribution in [3.8, 4) is 11.5 Å². The zero-order valence-electron chi connectivity index (χ0n) is 25.1. The van der Waals surface area contributed by atoms with Crippen LogP contribution in [0.1, 0.15) is 51.2 Å². The average Bonchev–Trinajstić information content (AvgIpc) is 3.31. The number of likely N-dealkylation sites (N-methyl/N-ethyl adjacent to an activating group) is 1. The van der Waals surface area contributed by atoms with E-state index in [4.69, 9.17) is 28.8 Å². The van der Waals surface area contributed by atoms with Crippen molar-refractivity contribution in [3.05, 3.63) is 35.1 Å². The number of carbonyl (C=O) groups excluding carboxylic acids is 4. The van der Waals surface area contributed by atoms with Crippen LogP contribution < -0.4 is 14.8 Å². The monoisotopic (exact) mass is 616 g/mol. The molecular formula is C30H36N2O12. The molecular weight excluding hydrogens is 580 g/mol. The molecule has 2 heterocycles. The lowest BCUT2D eigenvalue weighted by Crippen LogP contribution is -2.74. The first kappa shape index (κ1) is 31.3. The number of ether oxygens (including phenoxy) is 5. The molecule has 2 aliphatic heterocycles. The third-order valence-corrected chi connectivity index (χ3v) is 9.10. The Morgan fingerprint density at radius 2 is 1.91 bits per heavy atom. The number of rotatable bonds is 10. The van der Waals surface area contributed by atoms with Crippen LogP contribution in [0.5, 0.6) is 11.5 Å². The lowest BCUT2D eigenvalue weighted by atomic mass is 9.50. The summed E-state index contributed by atoms with van der Waals surface area (Å²) in [4.78, 5) is 63.3. The number of carbonyl (C=O) groups is 5. The Labute approximate surface area is 253 Å². The van der Waals surface area contributed by atoms with Gasteiger partial charge in [-0.05, 0) is 58.0 Å². The highest BCUT2D eigenvalue weighted by Crippen LogP contribution is 2.65. The first-order valence-electron chi connectivity index (χ1n) is 14.3. The van der Waals surface area contributed by atoms with Gasteiger partial charge in [-0.15, -0.1) is 0 Å². The molecule has 0 aromatic heterocycles. The summed E-state index contributed by atoms with van der Waals surface area (Å²) in [6.45, 7) is 4.14. The van der Waals surface area contributed by atoms with Gasteiger partial charge in [0.05, 0.1) is 24.5 Å². The lowest BCUT2D eigenvalue weighted by Gasteiger charge is -2.61. The highest BCUT2D eigenvalue weighted by molar-refractivity contribution is 5.89. The maximum absolute atomic E-state index is 13.2. The van der Waals surface area contributed by atoms with Crippen LogP contribution in [0.2, 0.25) is 0 Å². The van der Waals surface area contributed by atoms with Crippen LogP contribution in [0, 0.1) is 0 Å². The lowest BCUT2D eigenvalue weighted by molar-refractivity contribution is -0.177. The van der Waals surface area contributed by atoms with Crippen molar-refractivity contribution in [2.75, 3.05) is 20.7 Å². The number of aliphatic hydroxyl groups is 1. The number of piperidine rings is 1. The second-order valence-electron chi connectivity index (χ2n) is 11.7. The van der Waals surface area contributed by atoms with Gasteiger partial charge in [-0.25, -0.2) is 4.79 Å². The second-order valence-corrected chi connectivity index (χ2v) is 11.7. The molecule has 0 unspecified atom stereocenters. The van der Waals surface area contributed by atoms with Crippen LogP contribution in [-0.4, -0.2) is 102 Å². The highest BCUT2D eigenvalue weighted by Gasteiger charge is 2.72. The molecule has 1 aromatic carbocycles. The number of benzene rings is 1. The van der Waals surface area contributed by atoms with Gasteiger partial charge < -0.3 is 44.1 Å². The Balaban J connectivity index is 1.36. The van der Waals surface area contributed by atoms with Crippen LogP contribution in [-0.2, 0) is 50.0 Å². The highest BCUT2D eigenvalue weighted by atomic mass is 16.6. The maximum atomic E-state index is 13.2. The smallest absolute Gasteiger partial charge is 0.348 e. The predicted molar refractivity (Wildman–Crippen MR) is 149 cm³/mol. The molecule has 3 N–H and O–H groups in total. The number of nitrogens with one attached hydrogen (secondary N) is 1. The van der Waals surface area contributed by atoms with Gasteiger partial charge in [0, 0.05) is 24.9 Å². The fourth-order valence-corrected chi connectivity index (χ4v) is 6.98. The molecule has 1 amide bonds. The normalized spacial score (nSPS) is 28.2. The number of nitrogens with zero attached hydrogens (tertiary/aromatic N) is 1. The van der Waals surface area contributed by atoms with Gasteiger partial charge >= 0.3 is 23.9 Å². The van der Waals surface area contributed by atoms with E-state index < -0.39 is 71.6 Å². The van der Waals surface area contributed by atoms with Crippen molar-refractivity contribution in [2.45, 2.75) is 87.9 Å². The third kappa shape index (κ3) is 4.95. The molecule has 1 fully saturated rings. The molecule has 4 aliphatic rings. The fraction of sp³-hybridized carbons (Fsp3) is 0.567. The summed E-state index contributed by atoms with van der Waals surface area (Å²) in [5.74, 6) is -4.07. The molecule has 2 bridgehead atoms. The summed E-state index contributed by atoms with van der Waals surface area (Å²) in [5, 5.41) is 23.4. The molecule has 7 atom stereocenters. The number of amides is 1. The van der Waals surface area contributed by atoms with Gasteiger partial charge in [0.25, 0.3) is 5.91 Å². The topological polar surface area (TPSA) is 187 Å². The van der Waals surface area contributed by atoms with E-state index in [2.05, 4.69) is 10.2 Å². The minimum atomic E-state index is -1.75. The molecule has 2 aliphatic carbocycles. The van der Waals surface area contributed by atoms with Crippen molar-refractivity contribution in [1.82, 2.24) is 10.2 Å². The third-order valence-electron chi connectivity index (χ3n) is 9.10. The average molecular weight is 617 g/mol. The number of aliphatic carboxylic acids is 1. The zero-order valence-corrected chi connectivity index (χ0v) is 25.1. The summed E-state index contributed by atoms with van der Waals surface area (Å²) in [6.07, 6.45) is -1.89. The minimum absolute atomic E-state index is 0.152. The van der Waals surface area contributed by atoms with Crippen LogP contribution >= 0.6 is 0 Å². The largest absolute Gasteiger partial charge is 0.493 e. The molecule has 1 spiro atoms. The molecule has 14 heteroatoms. The van der Waals surface area contributed by atoms with E-state index in [1.165, 1.54) is 21.0 Å². The van der Waals surface area contributed by atoms with Crippen LogP contribution in [0.15, 0.2) is 24.0 Å². The van der Waals surface area contributed by atoms with Gasteiger partial charge in [0.15, 0.2) is 23.7 Å². The molecule has 0 radical (unpaired) electrons. The molecule has 0 saturated carbocycles. The summed E-state index contributed by atoms with van der Waals surface area (Å²) in [5.41, 5.74) is -0.271. The number of hydrogen-bond donors (Lipinski definition) is 3. The number of esters is 3. The van der Waals surface area contributed by atoms with Crippen LogP contribution in [0.3, 0.4) is 0 Å². The van der Waals surface area contributed by atoms with Crippen molar-refractivity contribution in [1.29, 1.82) is 0 Å². The van der Waals surface area contributed by atoms with Gasteiger partial charge in [0.2, 0.25) is 6.10 Å². The Bertz CT molecular complexity index is 1440. The van der Waals surface area contributed by atoms with Gasteiger partial charge in [-0.3, -0.25) is 19.2 Å². The van der Waals surface area contributed by atoms with Crippen LogP contribution in [0.4, 0.5) is 0 Å². The van der Waals surface area contributed by atoms with E-state index in [1.54, 1.807) is 6.08 Å². The number of methoxy groups -OCH3 is 1. The Morgan fingerprint density at radius 3 is 2.57 bits per heavy atom. The summed E-state index contributed by atoms with van der Waals surface area (Å²) >= 11 is 0. The molecule has 5 rings (SSSR count).